The van der Waals surface area contributed by atoms with E-state index in [2.05, 4.69) is 49.0 Å². The third-order valence-corrected chi connectivity index (χ3v) is 7.11. The molecule has 35 heavy (non-hydrogen) atoms. The number of nitrogens with one attached hydrogen (secondary N) is 2. The molecule has 1 aliphatic heterocycles. The predicted molar refractivity (Wildman–Crippen MR) is 138 cm³/mol. The Balaban J connectivity index is 1.21. The molecule has 1 saturated heterocycles. The average molecular weight is 489 g/mol. The van der Waals surface area contributed by atoms with Crippen LogP contribution in [0.1, 0.15) is 11.1 Å². The minimum atomic E-state index is -0.221. The van der Waals surface area contributed by atoms with Crippen molar-refractivity contribution in [2.75, 3.05) is 36.6 Å². The van der Waals surface area contributed by atoms with Gasteiger partial charge in [0, 0.05) is 43.3 Å². The smallest absolute Gasteiger partial charge is 0.239 e. The van der Waals surface area contributed by atoms with Gasteiger partial charge in [0.25, 0.3) is 0 Å². The number of hydrogen-bond donors (Lipinski definition) is 2. The van der Waals surface area contributed by atoms with E-state index in [0.717, 1.165) is 45.8 Å². The quantitative estimate of drug-likeness (QED) is 0.321. The zero-order valence-electron chi connectivity index (χ0n) is 19.1. The van der Waals surface area contributed by atoms with Crippen LogP contribution in [0.5, 0.6) is 0 Å². The van der Waals surface area contributed by atoms with Crippen LogP contribution in [0.4, 0.5) is 16.2 Å². The van der Waals surface area contributed by atoms with Crippen LogP contribution in [0.2, 0.25) is 0 Å². The number of hydrazine groups is 1. The molecule has 0 aliphatic carbocycles. The van der Waals surface area contributed by atoms with Crippen LogP contribution in [0.25, 0.3) is 21.1 Å². The van der Waals surface area contributed by atoms with E-state index in [0.29, 0.717) is 32.3 Å². The SMILES string of the molecule is Fc1ccc(Cn2cc(CNNc3nc(N4CCOCC4)c4sccc4n3)c3ccccc32)cc1. The molecule has 0 bridgehead atoms. The Morgan fingerprint density at radius 1 is 1.00 bits per heavy atom. The monoisotopic (exact) mass is 488 g/mol. The van der Waals surface area contributed by atoms with E-state index < -0.39 is 0 Å². The van der Waals surface area contributed by atoms with Gasteiger partial charge in [-0.25, -0.2) is 14.8 Å². The number of aromatic nitrogens is 3. The number of thiophene rings is 1. The summed E-state index contributed by atoms with van der Waals surface area (Å²) in [7, 11) is 0. The van der Waals surface area contributed by atoms with E-state index in [4.69, 9.17) is 9.72 Å². The summed E-state index contributed by atoms with van der Waals surface area (Å²) in [6.07, 6.45) is 2.14. The van der Waals surface area contributed by atoms with Gasteiger partial charge in [-0.1, -0.05) is 30.3 Å². The molecule has 9 heteroatoms. The lowest BCUT2D eigenvalue weighted by atomic mass is 10.2. The van der Waals surface area contributed by atoms with Crippen LogP contribution in [-0.4, -0.2) is 40.8 Å². The second kappa shape index (κ2) is 9.61. The van der Waals surface area contributed by atoms with Gasteiger partial charge in [0.15, 0.2) is 5.82 Å². The number of hydrogen-bond acceptors (Lipinski definition) is 7. The Hall–Kier alpha value is -3.53. The van der Waals surface area contributed by atoms with E-state index in [9.17, 15) is 4.39 Å². The van der Waals surface area contributed by atoms with Gasteiger partial charge in [-0.3, -0.25) is 5.43 Å². The van der Waals surface area contributed by atoms with Crippen LogP contribution in [0.15, 0.2) is 66.2 Å². The summed E-state index contributed by atoms with van der Waals surface area (Å²) < 4.78 is 22.1. The van der Waals surface area contributed by atoms with Crippen molar-refractivity contribution in [2.24, 2.45) is 0 Å². The Bertz CT molecular complexity index is 1460. The maximum atomic E-state index is 13.3. The molecule has 7 nitrogen and oxygen atoms in total. The molecule has 0 saturated carbocycles. The second-order valence-electron chi connectivity index (χ2n) is 8.51. The van der Waals surface area contributed by atoms with Crippen molar-refractivity contribution in [3.05, 3.63) is 83.1 Å². The fourth-order valence-electron chi connectivity index (χ4n) is 4.49. The summed E-state index contributed by atoms with van der Waals surface area (Å²) in [6.45, 7) is 4.33. The Morgan fingerprint density at radius 2 is 1.83 bits per heavy atom. The molecule has 178 valence electrons. The van der Waals surface area contributed by atoms with Gasteiger partial charge in [0.1, 0.15) is 5.82 Å². The second-order valence-corrected chi connectivity index (χ2v) is 9.43. The van der Waals surface area contributed by atoms with Gasteiger partial charge >= 0.3 is 0 Å². The normalized spacial score (nSPS) is 14.1. The van der Waals surface area contributed by atoms with Gasteiger partial charge in [0.2, 0.25) is 5.95 Å². The summed E-state index contributed by atoms with van der Waals surface area (Å²) >= 11 is 1.66. The fourth-order valence-corrected chi connectivity index (χ4v) is 5.34. The highest BCUT2D eigenvalue weighted by molar-refractivity contribution is 7.17. The molecule has 5 aromatic rings. The van der Waals surface area contributed by atoms with E-state index in [-0.39, 0.29) is 5.82 Å². The number of benzene rings is 2. The molecular formula is C26H25FN6OS. The molecule has 0 amide bonds. The minimum Gasteiger partial charge on any atom is -0.378 e. The van der Waals surface area contributed by atoms with Crippen molar-refractivity contribution in [3.63, 3.8) is 0 Å². The largest absolute Gasteiger partial charge is 0.378 e. The first kappa shape index (κ1) is 22.0. The van der Waals surface area contributed by atoms with Gasteiger partial charge < -0.3 is 14.2 Å². The Labute approximate surface area is 206 Å². The molecule has 3 aromatic heterocycles. The maximum Gasteiger partial charge on any atom is 0.239 e. The van der Waals surface area contributed by atoms with Crippen LogP contribution in [-0.2, 0) is 17.8 Å². The topological polar surface area (TPSA) is 67.2 Å². The number of rotatable bonds is 7. The number of para-hydroxylation sites is 1. The molecule has 6 rings (SSSR count). The van der Waals surface area contributed by atoms with E-state index in [1.807, 2.05) is 30.3 Å². The Morgan fingerprint density at radius 3 is 2.69 bits per heavy atom. The minimum absolute atomic E-state index is 0.221. The first-order valence-corrected chi connectivity index (χ1v) is 12.5. The summed E-state index contributed by atoms with van der Waals surface area (Å²) in [4.78, 5) is 11.8. The fraction of sp³-hybridized carbons (Fsp3) is 0.231. The Kier molecular flexibility index (Phi) is 6.03. The molecule has 0 spiro atoms. The van der Waals surface area contributed by atoms with Gasteiger partial charge in [0.05, 0.1) is 23.4 Å². The zero-order chi connectivity index (χ0) is 23.6. The molecule has 1 fully saturated rings. The van der Waals surface area contributed by atoms with E-state index >= 15 is 0 Å². The van der Waals surface area contributed by atoms with Gasteiger partial charge in [-0.2, -0.15) is 4.98 Å². The summed E-state index contributed by atoms with van der Waals surface area (Å²) in [5.41, 5.74) is 10.8. The molecular weight excluding hydrogens is 463 g/mol. The van der Waals surface area contributed by atoms with Crippen molar-refractivity contribution < 1.29 is 9.13 Å². The highest BCUT2D eigenvalue weighted by Gasteiger charge is 2.18. The van der Waals surface area contributed by atoms with Crippen LogP contribution >= 0.6 is 11.3 Å². The molecule has 1 aliphatic rings. The van der Waals surface area contributed by atoms with Gasteiger partial charge in [-0.05, 0) is 40.8 Å². The molecule has 4 heterocycles. The maximum absolute atomic E-state index is 13.3. The molecule has 0 radical (unpaired) electrons. The highest BCUT2D eigenvalue weighted by Crippen LogP contribution is 2.30. The lowest BCUT2D eigenvalue weighted by Crippen LogP contribution is -2.37. The number of fused-ring (bicyclic) bond motifs is 2. The lowest BCUT2D eigenvalue weighted by molar-refractivity contribution is 0.122. The number of nitrogens with zero attached hydrogens (tertiary/aromatic N) is 4. The first-order chi connectivity index (χ1) is 17.2. The van der Waals surface area contributed by atoms with E-state index in [1.54, 1.807) is 11.3 Å². The average Bonchev–Trinajstić information content (AvgIpc) is 3.51. The first-order valence-electron chi connectivity index (χ1n) is 11.6. The third-order valence-electron chi connectivity index (χ3n) is 6.21. The van der Waals surface area contributed by atoms with Crippen LogP contribution in [0, 0.1) is 5.82 Å². The predicted octanol–water partition coefficient (Wildman–Crippen LogP) is 4.79. The lowest BCUT2D eigenvalue weighted by Gasteiger charge is -2.28. The van der Waals surface area contributed by atoms with Crippen molar-refractivity contribution in [1.29, 1.82) is 0 Å². The highest BCUT2D eigenvalue weighted by atomic mass is 32.1. The zero-order valence-corrected chi connectivity index (χ0v) is 19.9. The summed E-state index contributed by atoms with van der Waals surface area (Å²) in [6, 6.07) is 17.0. The van der Waals surface area contributed by atoms with Crippen molar-refractivity contribution in [2.45, 2.75) is 13.1 Å². The van der Waals surface area contributed by atoms with Crippen LogP contribution < -0.4 is 15.8 Å². The number of halogens is 1. The molecule has 2 N–H and O–H groups in total. The number of morpholine rings is 1. The standard InChI is InChI=1S/C26H25FN6OS/c27-20-7-5-18(6-8-20)16-33-17-19(21-3-1-2-4-23(21)33)15-28-31-26-29-22-9-14-35-24(22)25(30-26)32-10-12-34-13-11-32/h1-9,14,17,28H,10-13,15-16H2,(H,29,30,31). The molecule has 0 atom stereocenters. The third kappa shape index (κ3) is 4.58. The number of ether oxygens (including phenoxy) is 1. The van der Waals surface area contributed by atoms with Crippen molar-refractivity contribution in [1.82, 2.24) is 20.0 Å². The molecule has 2 aromatic carbocycles. The van der Waals surface area contributed by atoms with E-state index in [1.165, 1.54) is 17.5 Å². The number of anilines is 2. The summed E-state index contributed by atoms with van der Waals surface area (Å²) in [5.74, 6) is 1.28. The molecule has 0 unspecified atom stereocenters. The summed E-state index contributed by atoms with van der Waals surface area (Å²) in [5, 5.41) is 3.23. The van der Waals surface area contributed by atoms with Gasteiger partial charge in [-0.15, -0.1) is 11.3 Å². The van der Waals surface area contributed by atoms with Crippen LogP contribution in [0.3, 0.4) is 0 Å². The van der Waals surface area contributed by atoms with Crippen molar-refractivity contribution in [3.8, 4) is 0 Å². The van der Waals surface area contributed by atoms with Crippen molar-refractivity contribution >= 4 is 44.2 Å².